The smallest absolute Gasteiger partial charge is 0.236 e. The number of hydrogen-bond acceptors (Lipinski definition) is 2. The van der Waals surface area contributed by atoms with Gasteiger partial charge in [0.2, 0.25) is 10.0 Å². The standard InChI is InChI=1S/C16H15NO2S/c1-12-8-9-14-11-16(13-6-4-3-5-7-13)17(15(14)10-12)20(2,18)19/h3-11H,1-2H3. The van der Waals surface area contributed by atoms with Gasteiger partial charge in [0.1, 0.15) is 0 Å². The highest BCUT2D eigenvalue weighted by molar-refractivity contribution is 7.89. The van der Waals surface area contributed by atoms with E-state index >= 15 is 0 Å². The lowest BCUT2D eigenvalue weighted by atomic mass is 10.1. The number of fused-ring (bicyclic) bond motifs is 1. The van der Waals surface area contributed by atoms with E-state index in [-0.39, 0.29) is 0 Å². The lowest BCUT2D eigenvalue weighted by Gasteiger charge is -2.08. The Morgan fingerprint density at radius 3 is 2.30 bits per heavy atom. The van der Waals surface area contributed by atoms with Crippen LogP contribution in [0.15, 0.2) is 54.6 Å². The largest absolute Gasteiger partial charge is 0.237 e. The maximum absolute atomic E-state index is 12.2. The highest BCUT2D eigenvalue weighted by Crippen LogP contribution is 2.30. The predicted molar refractivity (Wildman–Crippen MR) is 82.4 cm³/mol. The Hall–Kier alpha value is -2.07. The molecule has 0 saturated heterocycles. The summed E-state index contributed by atoms with van der Waals surface area (Å²) in [6.07, 6.45) is 1.24. The summed E-state index contributed by atoms with van der Waals surface area (Å²) in [6.45, 7) is 1.96. The fourth-order valence-corrected chi connectivity index (χ4v) is 3.48. The van der Waals surface area contributed by atoms with Crippen molar-refractivity contribution < 1.29 is 8.42 Å². The van der Waals surface area contributed by atoms with E-state index in [0.29, 0.717) is 5.69 Å². The van der Waals surface area contributed by atoms with E-state index in [9.17, 15) is 8.42 Å². The normalized spacial score (nSPS) is 11.9. The van der Waals surface area contributed by atoms with Crippen molar-refractivity contribution in [3.05, 3.63) is 60.2 Å². The highest BCUT2D eigenvalue weighted by Gasteiger charge is 2.17. The quantitative estimate of drug-likeness (QED) is 0.723. The summed E-state index contributed by atoms with van der Waals surface area (Å²) in [5, 5.41) is 0.930. The molecule has 0 bridgehead atoms. The molecule has 0 aliphatic heterocycles. The fraction of sp³-hybridized carbons (Fsp3) is 0.125. The van der Waals surface area contributed by atoms with Crippen molar-refractivity contribution in [2.45, 2.75) is 6.92 Å². The minimum Gasteiger partial charge on any atom is -0.237 e. The molecule has 1 aromatic heterocycles. The maximum Gasteiger partial charge on any atom is 0.236 e. The molecule has 0 atom stereocenters. The summed E-state index contributed by atoms with van der Waals surface area (Å²) in [4.78, 5) is 0. The monoisotopic (exact) mass is 285 g/mol. The van der Waals surface area contributed by atoms with Gasteiger partial charge in [-0.1, -0.05) is 42.5 Å². The minimum atomic E-state index is -3.36. The van der Waals surface area contributed by atoms with Crippen molar-refractivity contribution in [1.29, 1.82) is 0 Å². The Balaban J connectivity index is 2.44. The van der Waals surface area contributed by atoms with Crippen molar-refractivity contribution >= 4 is 20.9 Å². The molecule has 3 nitrogen and oxygen atoms in total. The number of aryl methyl sites for hydroxylation is 1. The van der Waals surface area contributed by atoms with Crippen LogP contribution in [-0.4, -0.2) is 18.6 Å². The van der Waals surface area contributed by atoms with E-state index in [1.807, 2.05) is 61.5 Å². The van der Waals surface area contributed by atoms with Crippen molar-refractivity contribution in [2.75, 3.05) is 6.26 Å². The second-order valence-electron chi connectivity index (χ2n) is 4.99. The number of hydrogen-bond donors (Lipinski definition) is 0. The summed E-state index contributed by atoms with van der Waals surface area (Å²) in [5.74, 6) is 0. The zero-order chi connectivity index (χ0) is 14.3. The van der Waals surface area contributed by atoms with Crippen LogP contribution in [0.25, 0.3) is 22.2 Å². The third-order valence-electron chi connectivity index (χ3n) is 3.32. The fourth-order valence-electron chi connectivity index (χ4n) is 2.45. The Labute approximate surface area is 118 Å². The van der Waals surface area contributed by atoms with Gasteiger partial charge in [0.25, 0.3) is 0 Å². The van der Waals surface area contributed by atoms with Gasteiger partial charge in [0.15, 0.2) is 0 Å². The SMILES string of the molecule is Cc1ccc2cc(-c3ccccc3)n(S(C)(=O)=O)c2c1. The molecule has 0 amide bonds. The third-order valence-corrected chi connectivity index (χ3v) is 4.37. The van der Waals surface area contributed by atoms with Crippen LogP contribution in [-0.2, 0) is 10.0 Å². The van der Waals surface area contributed by atoms with Crippen molar-refractivity contribution in [3.8, 4) is 11.3 Å². The zero-order valence-electron chi connectivity index (χ0n) is 11.4. The molecule has 0 aliphatic rings. The van der Waals surface area contributed by atoms with Gasteiger partial charge < -0.3 is 0 Å². The van der Waals surface area contributed by atoms with Crippen LogP contribution in [0.2, 0.25) is 0 Å². The first-order valence-electron chi connectivity index (χ1n) is 6.35. The summed E-state index contributed by atoms with van der Waals surface area (Å²) in [6, 6.07) is 17.3. The molecule has 3 rings (SSSR count). The van der Waals surface area contributed by atoms with Gasteiger partial charge in [-0.25, -0.2) is 12.4 Å². The molecule has 0 spiro atoms. The average Bonchev–Trinajstić information content (AvgIpc) is 2.78. The van der Waals surface area contributed by atoms with Gasteiger partial charge in [0, 0.05) is 5.39 Å². The molecule has 3 aromatic rings. The minimum absolute atomic E-state index is 0.703. The topological polar surface area (TPSA) is 39.1 Å². The molecule has 2 aromatic carbocycles. The molecule has 0 aliphatic carbocycles. The van der Waals surface area contributed by atoms with Crippen LogP contribution < -0.4 is 0 Å². The molecule has 20 heavy (non-hydrogen) atoms. The molecule has 4 heteroatoms. The number of nitrogens with zero attached hydrogens (tertiary/aromatic N) is 1. The summed E-state index contributed by atoms with van der Waals surface area (Å²) in [7, 11) is -3.36. The molecule has 0 radical (unpaired) electrons. The van der Waals surface area contributed by atoms with Crippen molar-refractivity contribution in [3.63, 3.8) is 0 Å². The Kier molecular flexibility index (Phi) is 2.91. The molecule has 102 valence electrons. The van der Waals surface area contributed by atoms with E-state index in [2.05, 4.69) is 0 Å². The number of rotatable bonds is 2. The van der Waals surface area contributed by atoms with Crippen LogP contribution in [0.1, 0.15) is 5.56 Å². The average molecular weight is 285 g/mol. The van der Waals surface area contributed by atoms with Crippen LogP contribution in [0.4, 0.5) is 0 Å². The zero-order valence-corrected chi connectivity index (χ0v) is 12.2. The lowest BCUT2D eigenvalue weighted by Crippen LogP contribution is -2.11. The number of benzene rings is 2. The molecule has 0 fully saturated rings. The predicted octanol–water partition coefficient (Wildman–Crippen LogP) is 3.42. The van der Waals surface area contributed by atoms with Gasteiger partial charge in [-0.3, -0.25) is 0 Å². The summed E-state index contributed by atoms with van der Waals surface area (Å²) < 4.78 is 25.8. The summed E-state index contributed by atoms with van der Waals surface area (Å²) in [5.41, 5.74) is 3.37. The van der Waals surface area contributed by atoms with Crippen molar-refractivity contribution in [1.82, 2.24) is 3.97 Å². The maximum atomic E-state index is 12.2. The van der Waals surface area contributed by atoms with Crippen LogP contribution in [0.5, 0.6) is 0 Å². The van der Waals surface area contributed by atoms with E-state index in [1.165, 1.54) is 10.2 Å². The molecular formula is C16H15NO2S. The van der Waals surface area contributed by atoms with Crippen LogP contribution >= 0.6 is 0 Å². The molecular weight excluding hydrogens is 270 g/mol. The highest BCUT2D eigenvalue weighted by atomic mass is 32.2. The van der Waals surface area contributed by atoms with E-state index < -0.39 is 10.0 Å². The Morgan fingerprint density at radius 2 is 1.65 bits per heavy atom. The first-order chi connectivity index (χ1) is 9.47. The molecule has 1 heterocycles. The third kappa shape index (κ3) is 2.12. The van der Waals surface area contributed by atoms with E-state index in [0.717, 1.165) is 22.0 Å². The van der Waals surface area contributed by atoms with Crippen LogP contribution in [0, 0.1) is 6.92 Å². The Morgan fingerprint density at radius 1 is 0.950 bits per heavy atom. The Bertz CT molecular complexity index is 877. The first kappa shape index (κ1) is 12.9. The number of aromatic nitrogens is 1. The second-order valence-corrected chi connectivity index (χ2v) is 6.82. The molecule has 0 unspecified atom stereocenters. The van der Waals surface area contributed by atoms with Crippen molar-refractivity contribution in [2.24, 2.45) is 0 Å². The van der Waals surface area contributed by atoms with Gasteiger partial charge in [-0.05, 0) is 30.2 Å². The molecule has 0 saturated carbocycles. The summed E-state index contributed by atoms with van der Waals surface area (Å²) >= 11 is 0. The van der Waals surface area contributed by atoms with Gasteiger partial charge in [-0.15, -0.1) is 0 Å². The van der Waals surface area contributed by atoms with Gasteiger partial charge in [0.05, 0.1) is 17.5 Å². The molecule has 0 N–H and O–H groups in total. The van der Waals surface area contributed by atoms with Crippen LogP contribution in [0.3, 0.4) is 0 Å². The first-order valence-corrected chi connectivity index (χ1v) is 8.20. The van der Waals surface area contributed by atoms with Gasteiger partial charge in [-0.2, -0.15) is 0 Å². The van der Waals surface area contributed by atoms with Gasteiger partial charge >= 0.3 is 0 Å². The van der Waals surface area contributed by atoms with E-state index in [4.69, 9.17) is 0 Å². The lowest BCUT2D eigenvalue weighted by molar-refractivity contribution is 0.595. The second kappa shape index (κ2) is 4.49. The van der Waals surface area contributed by atoms with E-state index in [1.54, 1.807) is 0 Å².